The number of hydrogen-bond donors (Lipinski definition) is 1. The Morgan fingerprint density at radius 2 is 1.77 bits per heavy atom. The molecular formula is C20H23Cl2N3O. The zero-order valence-electron chi connectivity index (χ0n) is 14.8. The van der Waals surface area contributed by atoms with Crippen molar-refractivity contribution in [1.29, 1.82) is 0 Å². The second-order valence-corrected chi connectivity index (χ2v) is 7.40. The molecule has 0 unspecified atom stereocenters. The third kappa shape index (κ3) is 4.91. The van der Waals surface area contributed by atoms with Crippen LogP contribution in [0.1, 0.15) is 18.5 Å². The van der Waals surface area contributed by atoms with E-state index in [2.05, 4.69) is 39.4 Å². The van der Waals surface area contributed by atoms with Gasteiger partial charge in [0.05, 0.1) is 12.6 Å². The van der Waals surface area contributed by atoms with E-state index in [0.29, 0.717) is 16.6 Å². The molecule has 6 heteroatoms. The molecule has 26 heavy (non-hydrogen) atoms. The van der Waals surface area contributed by atoms with Crippen molar-refractivity contribution in [3.8, 4) is 0 Å². The van der Waals surface area contributed by atoms with Gasteiger partial charge in [-0.2, -0.15) is 0 Å². The summed E-state index contributed by atoms with van der Waals surface area (Å²) in [5, 5.41) is 4.19. The molecule has 1 saturated heterocycles. The zero-order chi connectivity index (χ0) is 18.5. The first-order valence-electron chi connectivity index (χ1n) is 8.79. The lowest BCUT2D eigenvalue weighted by molar-refractivity contribution is -0.123. The predicted octanol–water partition coefficient (Wildman–Crippen LogP) is 3.99. The lowest BCUT2D eigenvalue weighted by Crippen LogP contribution is -2.49. The number of para-hydroxylation sites is 1. The zero-order valence-corrected chi connectivity index (χ0v) is 16.3. The van der Waals surface area contributed by atoms with Crippen LogP contribution in [0.25, 0.3) is 0 Å². The number of halogens is 2. The van der Waals surface area contributed by atoms with Crippen molar-refractivity contribution in [2.75, 3.05) is 37.6 Å². The molecule has 0 spiro atoms. The Morgan fingerprint density at radius 1 is 1.08 bits per heavy atom. The number of piperazine rings is 1. The summed E-state index contributed by atoms with van der Waals surface area (Å²) in [5.74, 6) is 0.0108. The van der Waals surface area contributed by atoms with Crippen LogP contribution in [-0.4, -0.2) is 43.5 Å². The van der Waals surface area contributed by atoms with Crippen molar-refractivity contribution < 1.29 is 4.79 Å². The van der Waals surface area contributed by atoms with E-state index >= 15 is 0 Å². The van der Waals surface area contributed by atoms with Crippen molar-refractivity contribution in [2.24, 2.45) is 0 Å². The number of anilines is 1. The molecule has 1 heterocycles. The summed E-state index contributed by atoms with van der Waals surface area (Å²) in [6.45, 7) is 5.93. The Kier molecular flexibility index (Phi) is 6.41. The molecule has 138 valence electrons. The van der Waals surface area contributed by atoms with E-state index in [1.54, 1.807) is 12.1 Å². The fraction of sp³-hybridized carbons (Fsp3) is 0.350. The Labute approximate surface area is 164 Å². The van der Waals surface area contributed by atoms with Crippen LogP contribution < -0.4 is 10.2 Å². The van der Waals surface area contributed by atoms with Crippen LogP contribution in [0, 0.1) is 0 Å². The number of carbonyl (C=O) groups is 1. The summed E-state index contributed by atoms with van der Waals surface area (Å²) < 4.78 is 0. The normalized spacial score (nSPS) is 16.3. The van der Waals surface area contributed by atoms with Gasteiger partial charge in [-0.25, -0.2) is 0 Å². The summed E-state index contributed by atoms with van der Waals surface area (Å²) in [7, 11) is 0. The molecule has 2 aromatic carbocycles. The summed E-state index contributed by atoms with van der Waals surface area (Å²) in [6.07, 6.45) is 0. The second-order valence-electron chi connectivity index (χ2n) is 6.55. The van der Waals surface area contributed by atoms with E-state index in [-0.39, 0.29) is 11.9 Å². The van der Waals surface area contributed by atoms with Crippen LogP contribution >= 0.6 is 23.2 Å². The summed E-state index contributed by atoms with van der Waals surface area (Å²) in [5.41, 5.74) is 2.11. The molecule has 0 bridgehead atoms. The quantitative estimate of drug-likeness (QED) is 0.836. The number of hydrogen-bond acceptors (Lipinski definition) is 3. The molecule has 0 radical (unpaired) electrons. The molecule has 1 fully saturated rings. The molecule has 1 atom stereocenters. The van der Waals surface area contributed by atoms with E-state index in [9.17, 15) is 4.79 Å². The highest BCUT2D eigenvalue weighted by Crippen LogP contribution is 2.26. The first-order chi connectivity index (χ1) is 12.5. The predicted molar refractivity (Wildman–Crippen MR) is 108 cm³/mol. The van der Waals surface area contributed by atoms with Crippen LogP contribution in [-0.2, 0) is 4.79 Å². The fourth-order valence-corrected chi connectivity index (χ4v) is 3.80. The second kappa shape index (κ2) is 8.76. The van der Waals surface area contributed by atoms with E-state index in [1.165, 1.54) is 5.69 Å². The number of rotatable bonds is 5. The number of carbonyl (C=O) groups excluding carboxylic acids is 1. The van der Waals surface area contributed by atoms with Gasteiger partial charge in [0.2, 0.25) is 5.91 Å². The lowest BCUT2D eigenvalue weighted by Gasteiger charge is -2.35. The van der Waals surface area contributed by atoms with Gasteiger partial charge in [0, 0.05) is 41.9 Å². The highest BCUT2D eigenvalue weighted by Gasteiger charge is 2.20. The van der Waals surface area contributed by atoms with E-state index < -0.39 is 0 Å². The minimum absolute atomic E-state index is 0.0108. The smallest absolute Gasteiger partial charge is 0.234 e. The van der Waals surface area contributed by atoms with Crippen molar-refractivity contribution in [1.82, 2.24) is 10.2 Å². The Morgan fingerprint density at radius 3 is 2.42 bits per heavy atom. The first-order valence-corrected chi connectivity index (χ1v) is 9.55. The maximum atomic E-state index is 12.4. The van der Waals surface area contributed by atoms with Gasteiger partial charge in [-0.15, -0.1) is 0 Å². The van der Waals surface area contributed by atoms with Gasteiger partial charge in [-0.05, 0) is 36.8 Å². The molecule has 0 aliphatic carbocycles. The number of benzene rings is 2. The Bertz CT molecular complexity index is 746. The standard InChI is InChI=1S/C20H23Cl2N3O/c1-15(18-8-7-16(21)13-19(18)22)23-20(26)14-24-9-11-25(12-10-24)17-5-3-2-4-6-17/h2-8,13,15H,9-12,14H2,1H3,(H,23,26)/t15-/m1/s1. The molecule has 4 nitrogen and oxygen atoms in total. The van der Waals surface area contributed by atoms with Crippen molar-refractivity contribution in [3.63, 3.8) is 0 Å². The van der Waals surface area contributed by atoms with Crippen molar-refractivity contribution >= 4 is 34.8 Å². The SMILES string of the molecule is C[C@@H](NC(=O)CN1CCN(c2ccccc2)CC1)c1ccc(Cl)cc1Cl. The molecule has 2 aromatic rings. The topological polar surface area (TPSA) is 35.6 Å². The summed E-state index contributed by atoms with van der Waals surface area (Å²) in [4.78, 5) is 16.9. The van der Waals surface area contributed by atoms with Crippen LogP contribution in [0.15, 0.2) is 48.5 Å². The van der Waals surface area contributed by atoms with Gasteiger partial charge in [0.15, 0.2) is 0 Å². The lowest BCUT2D eigenvalue weighted by atomic mass is 10.1. The minimum Gasteiger partial charge on any atom is -0.369 e. The Balaban J connectivity index is 1.48. The first kappa shape index (κ1) is 19.0. The minimum atomic E-state index is -0.155. The largest absolute Gasteiger partial charge is 0.369 e. The van der Waals surface area contributed by atoms with Gasteiger partial charge >= 0.3 is 0 Å². The molecular weight excluding hydrogens is 369 g/mol. The fourth-order valence-electron chi connectivity index (χ4n) is 3.22. The van der Waals surface area contributed by atoms with Gasteiger partial charge in [0.25, 0.3) is 0 Å². The molecule has 0 saturated carbocycles. The van der Waals surface area contributed by atoms with E-state index in [4.69, 9.17) is 23.2 Å². The number of nitrogens with zero attached hydrogens (tertiary/aromatic N) is 2. The van der Waals surface area contributed by atoms with E-state index in [1.807, 2.05) is 19.1 Å². The molecule has 0 aromatic heterocycles. The van der Waals surface area contributed by atoms with Crippen molar-refractivity contribution in [2.45, 2.75) is 13.0 Å². The van der Waals surface area contributed by atoms with E-state index in [0.717, 1.165) is 31.7 Å². The third-order valence-corrected chi connectivity index (χ3v) is 5.23. The van der Waals surface area contributed by atoms with Gasteiger partial charge in [0.1, 0.15) is 0 Å². The Hall–Kier alpha value is -1.75. The average molecular weight is 392 g/mol. The van der Waals surface area contributed by atoms with Crippen molar-refractivity contribution in [3.05, 3.63) is 64.1 Å². The maximum absolute atomic E-state index is 12.4. The van der Waals surface area contributed by atoms with Gasteiger partial charge in [-0.1, -0.05) is 47.5 Å². The molecule has 1 aliphatic rings. The number of nitrogens with one attached hydrogen (secondary N) is 1. The molecule has 1 aliphatic heterocycles. The highest BCUT2D eigenvalue weighted by atomic mass is 35.5. The van der Waals surface area contributed by atoms with Gasteiger partial charge < -0.3 is 10.2 Å². The van der Waals surface area contributed by atoms with Gasteiger partial charge in [-0.3, -0.25) is 9.69 Å². The highest BCUT2D eigenvalue weighted by molar-refractivity contribution is 6.35. The van der Waals surface area contributed by atoms with Crippen LogP contribution in [0.3, 0.4) is 0 Å². The maximum Gasteiger partial charge on any atom is 0.234 e. The summed E-state index contributed by atoms with van der Waals surface area (Å²) in [6, 6.07) is 15.6. The third-order valence-electron chi connectivity index (χ3n) is 4.67. The molecule has 1 amide bonds. The van der Waals surface area contributed by atoms with Crippen LogP contribution in [0.2, 0.25) is 10.0 Å². The molecule has 1 N–H and O–H groups in total. The number of amides is 1. The monoisotopic (exact) mass is 391 g/mol. The average Bonchev–Trinajstić information content (AvgIpc) is 2.63. The summed E-state index contributed by atoms with van der Waals surface area (Å²) >= 11 is 12.2. The van der Waals surface area contributed by atoms with Crippen LogP contribution in [0.4, 0.5) is 5.69 Å². The van der Waals surface area contributed by atoms with Crippen LogP contribution in [0.5, 0.6) is 0 Å². The molecule has 3 rings (SSSR count).